The summed E-state index contributed by atoms with van der Waals surface area (Å²) in [7, 11) is 0. The molecule has 1 aliphatic rings. The molecule has 126 valence electrons. The number of hydrogen-bond donors (Lipinski definition) is 2. The van der Waals surface area contributed by atoms with Gasteiger partial charge in [-0.25, -0.2) is 10.2 Å². The van der Waals surface area contributed by atoms with Crippen molar-refractivity contribution in [3.05, 3.63) is 29.8 Å². The molecule has 2 amide bonds. The standard InChI is InChI=1S/C16H17N3O5/c1-9(20)11-5-3-4-6-12(11)17-15(22)10(2)24-16(23)13-7-8-14(21)19-18-13/h3-6,10H,7-8H2,1-2H3,(H,17,22)(H,19,21)/t10-/m0/s1. The topological polar surface area (TPSA) is 114 Å². The van der Waals surface area contributed by atoms with Gasteiger partial charge in [-0.2, -0.15) is 5.10 Å². The highest BCUT2D eigenvalue weighted by molar-refractivity contribution is 6.37. The summed E-state index contributed by atoms with van der Waals surface area (Å²) in [6.45, 7) is 2.80. The number of nitrogens with zero attached hydrogens (tertiary/aromatic N) is 1. The van der Waals surface area contributed by atoms with Crippen molar-refractivity contribution in [3.63, 3.8) is 0 Å². The number of carbonyl (C=O) groups is 4. The summed E-state index contributed by atoms with van der Waals surface area (Å²) in [5.41, 5.74) is 2.95. The van der Waals surface area contributed by atoms with E-state index in [4.69, 9.17) is 4.74 Å². The average molecular weight is 331 g/mol. The maximum Gasteiger partial charge on any atom is 0.355 e. The van der Waals surface area contributed by atoms with E-state index in [-0.39, 0.29) is 30.2 Å². The molecule has 24 heavy (non-hydrogen) atoms. The summed E-state index contributed by atoms with van der Waals surface area (Å²) in [6.07, 6.45) is -0.787. The molecule has 2 rings (SSSR count). The lowest BCUT2D eigenvalue weighted by Gasteiger charge is -2.16. The van der Waals surface area contributed by atoms with Gasteiger partial charge in [-0.3, -0.25) is 14.4 Å². The zero-order valence-corrected chi connectivity index (χ0v) is 13.3. The Morgan fingerprint density at radius 2 is 1.96 bits per heavy atom. The number of esters is 1. The highest BCUT2D eigenvalue weighted by Gasteiger charge is 2.24. The van der Waals surface area contributed by atoms with E-state index in [1.54, 1.807) is 24.3 Å². The number of ketones is 1. The summed E-state index contributed by atoms with van der Waals surface area (Å²) in [6, 6.07) is 6.54. The van der Waals surface area contributed by atoms with Crippen molar-refractivity contribution in [3.8, 4) is 0 Å². The highest BCUT2D eigenvalue weighted by atomic mass is 16.5. The number of ether oxygens (including phenoxy) is 1. The fraction of sp³-hybridized carbons (Fsp3) is 0.312. The van der Waals surface area contributed by atoms with Gasteiger partial charge >= 0.3 is 5.97 Å². The zero-order valence-electron chi connectivity index (χ0n) is 13.3. The van der Waals surface area contributed by atoms with E-state index in [0.29, 0.717) is 11.3 Å². The van der Waals surface area contributed by atoms with Crippen LogP contribution in [0.15, 0.2) is 29.4 Å². The van der Waals surface area contributed by atoms with Gasteiger partial charge in [-0.05, 0) is 26.0 Å². The predicted molar refractivity (Wildman–Crippen MR) is 85.4 cm³/mol. The SMILES string of the molecule is CC(=O)c1ccccc1NC(=O)[C@H](C)OC(=O)C1=NNC(=O)CC1. The van der Waals surface area contributed by atoms with Crippen molar-refractivity contribution in [2.45, 2.75) is 32.8 Å². The molecule has 0 saturated heterocycles. The Balaban J connectivity index is 1.99. The molecule has 1 heterocycles. The third-order valence-corrected chi connectivity index (χ3v) is 3.36. The van der Waals surface area contributed by atoms with Crippen LogP contribution >= 0.6 is 0 Å². The van der Waals surface area contributed by atoms with Crippen LogP contribution in [0, 0.1) is 0 Å². The minimum atomic E-state index is -1.09. The van der Waals surface area contributed by atoms with Crippen molar-refractivity contribution >= 4 is 35.0 Å². The number of benzene rings is 1. The maximum absolute atomic E-state index is 12.1. The quantitative estimate of drug-likeness (QED) is 0.618. The third-order valence-electron chi connectivity index (χ3n) is 3.36. The van der Waals surface area contributed by atoms with E-state index < -0.39 is 18.0 Å². The number of hydrazone groups is 1. The second kappa shape index (κ2) is 7.49. The molecule has 0 bridgehead atoms. The van der Waals surface area contributed by atoms with E-state index in [9.17, 15) is 19.2 Å². The van der Waals surface area contributed by atoms with Crippen LogP contribution in [0.2, 0.25) is 0 Å². The number of nitrogens with one attached hydrogen (secondary N) is 2. The molecular formula is C16H17N3O5. The lowest BCUT2D eigenvalue weighted by atomic mass is 10.1. The largest absolute Gasteiger partial charge is 0.448 e. The Morgan fingerprint density at radius 1 is 1.25 bits per heavy atom. The molecule has 0 radical (unpaired) electrons. The van der Waals surface area contributed by atoms with E-state index in [2.05, 4.69) is 15.8 Å². The minimum Gasteiger partial charge on any atom is -0.448 e. The molecule has 0 saturated carbocycles. The van der Waals surface area contributed by atoms with Crippen LogP contribution in [0.25, 0.3) is 0 Å². The molecule has 0 aliphatic carbocycles. The van der Waals surface area contributed by atoms with Gasteiger partial charge in [0, 0.05) is 18.4 Å². The number of anilines is 1. The number of carbonyl (C=O) groups excluding carboxylic acids is 4. The van der Waals surface area contributed by atoms with Crippen molar-refractivity contribution < 1.29 is 23.9 Å². The Labute approximate surface area is 138 Å². The molecule has 2 N–H and O–H groups in total. The molecule has 0 fully saturated rings. The summed E-state index contributed by atoms with van der Waals surface area (Å²) in [5.74, 6) is -1.81. The minimum absolute atomic E-state index is 0.0541. The number of para-hydroxylation sites is 1. The summed E-state index contributed by atoms with van der Waals surface area (Å²) in [5, 5.41) is 6.17. The van der Waals surface area contributed by atoms with E-state index in [1.807, 2.05) is 0 Å². The molecular weight excluding hydrogens is 314 g/mol. The fourth-order valence-electron chi connectivity index (χ4n) is 2.04. The van der Waals surface area contributed by atoms with Gasteiger partial charge in [0.15, 0.2) is 11.9 Å². The van der Waals surface area contributed by atoms with Crippen molar-refractivity contribution in [2.75, 3.05) is 5.32 Å². The fourth-order valence-corrected chi connectivity index (χ4v) is 2.04. The van der Waals surface area contributed by atoms with Crippen molar-refractivity contribution in [1.29, 1.82) is 0 Å². The molecule has 1 aromatic carbocycles. The molecule has 0 unspecified atom stereocenters. The second-order valence-electron chi connectivity index (χ2n) is 5.23. The lowest BCUT2D eigenvalue weighted by molar-refractivity contribution is -0.146. The number of amides is 2. The van der Waals surface area contributed by atoms with Gasteiger partial charge in [-0.1, -0.05) is 12.1 Å². The number of rotatable bonds is 5. The van der Waals surface area contributed by atoms with Crippen LogP contribution in [0.1, 0.15) is 37.0 Å². The van der Waals surface area contributed by atoms with Crippen LogP contribution in [-0.2, 0) is 19.1 Å². The predicted octanol–water partition coefficient (Wildman–Crippen LogP) is 1.03. The molecule has 0 spiro atoms. The van der Waals surface area contributed by atoms with Crippen LogP contribution in [0.3, 0.4) is 0 Å². The van der Waals surface area contributed by atoms with Crippen molar-refractivity contribution in [1.82, 2.24) is 5.43 Å². The van der Waals surface area contributed by atoms with Gasteiger partial charge < -0.3 is 10.1 Å². The van der Waals surface area contributed by atoms with Crippen LogP contribution in [-0.4, -0.2) is 35.4 Å². The van der Waals surface area contributed by atoms with E-state index in [0.717, 1.165) is 0 Å². The Morgan fingerprint density at radius 3 is 2.58 bits per heavy atom. The lowest BCUT2D eigenvalue weighted by Crippen LogP contribution is -2.36. The highest BCUT2D eigenvalue weighted by Crippen LogP contribution is 2.16. The van der Waals surface area contributed by atoms with Gasteiger partial charge in [-0.15, -0.1) is 0 Å². The maximum atomic E-state index is 12.1. The zero-order chi connectivity index (χ0) is 17.7. The van der Waals surface area contributed by atoms with Crippen LogP contribution in [0.4, 0.5) is 5.69 Å². The average Bonchev–Trinajstić information content (AvgIpc) is 2.55. The summed E-state index contributed by atoms with van der Waals surface area (Å²) >= 11 is 0. The van der Waals surface area contributed by atoms with Crippen LogP contribution in [0.5, 0.6) is 0 Å². The third kappa shape index (κ3) is 4.25. The van der Waals surface area contributed by atoms with E-state index in [1.165, 1.54) is 13.8 Å². The smallest absolute Gasteiger partial charge is 0.355 e. The summed E-state index contributed by atoms with van der Waals surface area (Å²) < 4.78 is 5.04. The van der Waals surface area contributed by atoms with Crippen molar-refractivity contribution in [2.24, 2.45) is 5.10 Å². The molecule has 8 nitrogen and oxygen atoms in total. The first-order valence-electron chi connectivity index (χ1n) is 7.35. The molecule has 1 aromatic rings. The van der Waals surface area contributed by atoms with Gasteiger partial charge in [0.1, 0.15) is 5.71 Å². The molecule has 1 aliphatic heterocycles. The molecule has 1 atom stereocenters. The first-order valence-corrected chi connectivity index (χ1v) is 7.35. The normalized spacial score (nSPS) is 14.9. The Bertz CT molecular complexity index is 726. The Kier molecular flexibility index (Phi) is 5.41. The van der Waals surface area contributed by atoms with Crippen LogP contribution < -0.4 is 10.7 Å². The molecule has 8 heteroatoms. The first-order chi connectivity index (χ1) is 11.4. The van der Waals surface area contributed by atoms with E-state index >= 15 is 0 Å². The van der Waals surface area contributed by atoms with Gasteiger partial charge in [0.05, 0.1) is 5.69 Å². The Hall–Kier alpha value is -3.03. The summed E-state index contributed by atoms with van der Waals surface area (Å²) in [4.78, 5) is 46.6. The van der Waals surface area contributed by atoms with Gasteiger partial charge in [0.2, 0.25) is 5.91 Å². The molecule has 0 aromatic heterocycles. The second-order valence-corrected chi connectivity index (χ2v) is 5.23. The number of hydrogen-bond acceptors (Lipinski definition) is 6. The monoisotopic (exact) mass is 331 g/mol. The first kappa shape index (κ1) is 17.3. The van der Waals surface area contributed by atoms with Gasteiger partial charge in [0.25, 0.3) is 5.91 Å². The number of Topliss-reactive ketones (excluding diaryl/α,β-unsaturated/α-hetero) is 1.